The van der Waals surface area contributed by atoms with Crippen LogP contribution in [0.5, 0.6) is 0 Å². The Morgan fingerprint density at radius 3 is 3.08 bits per heavy atom. The van der Waals surface area contributed by atoms with Crippen LogP contribution in [0.4, 0.5) is 0 Å². The SMILES string of the molecule is C1CC(NCC2CSCCS2)CN1. The Morgan fingerprint density at radius 1 is 1.38 bits per heavy atom. The summed E-state index contributed by atoms with van der Waals surface area (Å²) in [5.41, 5.74) is 0. The van der Waals surface area contributed by atoms with Gasteiger partial charge in [0.05, 0.1) is 0 Å². The topological polar surface area (TPSA) is 24.1 Å². The van der Waals surface area contributed by atoms with E-state index in [1.54, 1.807) is 0 Å². The third-order valence-electron chi connectivity index (χ3n) is 2.58. The molecule has 2 unspecified atom stereocenters. The van der Waals surface area contributed by atoms with Crippen LogP contribution in [0.3, 0.4) is 0 Å². The average molecular weight is 218 g/mol. The molecule has 0 saturated carbocycles. The molecule has 0 spiro atoms. The zero-order valence-corrected chi connectivity index (χ0v) is 9.55. The van der Waals surface area contributed by atoms with Crippen molar-refractivity contribution in [3.8, 4) is 0 Å². The fraction of sp³-hybridized carbons (Fsp3) is 1.00. The van der Waals surface area contributed by atoms with Gasteiger partial charge in [-0.25, -0.2) is 0 Å². The zero-order valence-electron chi connectivity index (χ0n) is 7.92. The molecular weight excluding hydrogens is 200 g/mol. The summed E-state index contributed by atoms with van der Waals surface area (Å²) in [5.74, 6) is 4.05. The Bertz CT molecular complexity index is 143. The van der Waals surface area contributed by atoms with Crippen molar-refractivity contribution in [1.82, 2.24) is 10.6 Å². The van der Waals surface area contributed by atoms with Gasteiger partial charge in [-0.05, 0) is 13.0 Å². The standard InChI is InChI=1S/C9H18N2S2/c1-2-10-5-8(1)11-6-9-7-12-3-4-13-9/h8-11H,1-7H2. The van der Waals surface area contributed by atoms with E-state index < -0.39 is 0 Å². The van der Waals surface area contributed by atoms with Crippen LogP contribution in [-0.4, -0.2) is 48.2 Å². The molecule has 0 bridgehead atoms. The lowest BCUT2D eigenvalue weighted by molar-refractivity contribution is 0.550. The van der Waals surface area contributed by atoms with Crippen LogP contribution in [0, 0.1) is 0 Å². The van der Waals surface area contributed by atoms with Gasteiger partial charge in [-0.15, -0.1) is 0 Å². The van der Waals surface area contributed by atoms with Crippen LogP contribution in [0.2, 0.25) is 0 Å². The van der Waals surface area contributed by atoms with Crippen LogP contribution >= 0.6 is 23.5 Å². The fourth-order valence-corrected chi connectivity index (χ4v) is 4.41. The lowest BCUT2D eigenvalue weighted by Gasteiger charge is -2.22. The highest BCUT2D eigenvalue weighted by molar-refractivity contribution is 8.06. The number of rotatable bonds is 3. The first kappa shape index (κ1) is 10.1. The van der Waals surface area contributed by atoms with E-state index in [0.717, 1.165) is 11.3 Å². The minimum absolute atomic E-state index is 0.743. The maximum absolute atomic E-state index is 3.65. The molecule has 0 aromatic heterocycles. The zero-order chi connectivity index (χ0) is 8.93. The van der Waals surface area contributed by atoms with Crippen LogP contribution in [0.1, 0.15) is 6.42 Å². The van der Waals surface area contributed by atoms with Gasteiger partial charge in [0.15, 0.2) is 0 Å². The van der Waals surface area contributed by atoms with Crippen LogP contribution < -0.4 is 10.6 Å². The van der Waals surface area contributed by atoms with Gasteiger partial charge < -0.3 is 10.6 Å². The first-order chi connectivity index (χ1) is 6.45. The van der Waals surface area contributed by atoms with Crippen molar-refractivity contribution in [3.05, 3.63) is 0 Å². The maximum atomic E-state index is 3.65. The predicted octanol–water partition coefficient (Wildman–Crippen LogP) is 0.786. The first-order valence-electron chi connectivity index (χ1n) is 5.08. The van der Waals surface area contributed by atoms with Crippen molar-refractivity contribution in [2.75, 3.05) is 36.9 Å². The van der Waals surface area contributed by atoms with Gasteiger partial charge >= 0.3 is 0 Å². The van der Waals surface area contributed by atoms with Gasteiger partial charge in [-0.2, -0.15) is 23.5 Å². The highest BCUT2D eigenvalue weighted by atomic mass is 32.2. The van der Waals surface area contributed by atoms with Gasteiger partial charge in [0.25, 0.3) is 0 Å². The summed E-state index contributed by atoms with van der Waals surface area (Å²) >= 11 is 4.25. The van der Waals surface area contributed by atoms with E-state index in [-0.39, 0.29) is 0 Å². The van der Waals surface area contributed by atoms with Crippen LogP contribution in [-0.2, 0) is 0 Å². The number of nitrogens with one attached hydrogen (secondary N) is 2. The number of hydrogen-bond acceptors (Lipinski definition) is 4. The average Bonchev–Trinajstić information content (AvgIpc) is 2.69. The third-order valence-corrected chi connectivity index (χ3v) is 5.42. The fourth-order valence-electron chi connectivity index (χ4n) is 1.78. The summed E-state index contributed by atoms with van der Waals surface area (Å²) in [6, 6.07) is 0.743. The second-order valence-electron chi connectivity index (χ2n) is 3.67. The minimum Gasteiger partial charge on any atom is -0.315 e. The van der Waals surface area contributed by atoms with E-state index in [1.165, 1.54) is 43.3 Å². The maximum Gasteiger partial charge on any atom is 0.0263 e. The monoisotopic (exact) mass is 218 g/mol. The number of thioether (sulfide) groups is 2. The first-order valence-corrected chi connectivity index (χ1v) is 7.29. The molecule has 2 aliphatic heterocycles. The third kappa shape index (κ3) is 3.35. The minimum atomic E-state index is 0.743. The Labute approximate surface area is 89.0 Å². The predicted molar refractivity (Wildman–Crippen MR) is 62.8 cm³/mol. The summed E-state index contributed by atoms with van der Waals surface area (Å²) in [6.45, 7) is 3.58. The lowest BCUT2D eigenvalue weighted by Crippen LogP contribution is -2.37. The smallest absolute Gasteiger partial charge is 0.0263 e. The molecule has 13 heavy (non-hydrogen) atoms. The number of hydrogen-bond donors (Lipinski definition) is 2. The Balaban J connectivity index is 1.60. The molecule has 4 heteroatoms. The van der Waals surface area contributed by atoms with Gasteiger partial charge in [0, 0.05) is 41.6 Å². The summed E-state index contributed by atoms with van der Waals surface area (Å²) in [6.07, 6.45) is 1.31. The quantitative estimate of drug-likeness (QED) is 0.731. The van der Waals surface area contributed by atoms with E-state index in [1.807, 2.05) is 0 Å². The van der Waals surface area contributed by atoms with Gasteiger partial charge in [-0.1, -0.05) is 0 Å². The molecular formula is C9H18N2S2. The Morgan fingerprint density at radius 2 is 2.38 bits per heavy atom. The summed E-state index contributed by atoms with van der Waals surface area (Å²) in [4.78, 5) is 0. The molecule has 2 atom stereocenters. The molecule has 2 rings (SSSR count). The van der Waals surface area contributed by atoms with Crippen molar-refractivity contribution < 1.29 is 0 Å². The van der Waals surface area contributed by atoms with Crippen molar-refractivity contribution in [2.45, 2.75) is 17.7 Å². The van der Waals surface area contributed by atoms with Crippen molar-refractivity contribution in [2.24, 2.45) is 0 Å². The van der Waals surface area contributed by atoms with Gasteiger partial charge in [0.2, 0.25) is 0 Å². The Kier molecular flexibility index (Phi) is 4.28. The van der Waals surface area contributed by atoms with Gasteiger partial charge in [0.1, 0.15) is 0 Å². The van der Waals surface area contributed by atoms with E-state index in [0.29, 0.717) is 0 Å². The molecule has 2 fully saturated rings. The largest absolute Gasteiger partial charge is 0.315 e. The molecule has 2 N–H and O–H groups in total. The molecule has 0 aliphatic carbocycles. The molecule has 2 nitrogen and oxygen atoms in total. The highest BCUT2D eigenvalue weighted by Crippen LogP contribution is 2.23. The molecule has 0 aromatic rings. The Hall–Kier alpha value is 0.620. The van der Waals surface area contributed by atoms with E-state index >= 15 is 0 Å². The van der Waals surface area contributed by atoms with Crippen molar-refractivity contribution in [1.29, 1.82) is 0 Å². The lowest BCUT2D eigenvalue weighted by atomic mass is 10.2. The summed E-state index contributed by atoms with van der Waals surface area (Å²) in [7, 11) is 0. The molecule has 2 aliphatic rings. The molecule has 76 valence electrons. The van der Waals surface area contributed by atoms with Crippen LogP contribution in [0.15, 0.2) is 0 Å². The second-order valence-corrected chi connectivity index (χ2v) is 6.22. The van der Waals surface area contributed by atoms with E-state index in [9.17, 15) is 0 Å². The molecule has 0 radical (unpaired) electrons. The second kappa shape index (κ2) is 5.49. The van der Waals surface area contributed by atoms with Gasteiger partial charge in [-0.3, -0.25) is 0 Å². The van der Waals surface area contributed by atoms with E-state index in [4.69, 9.17) is 0 Å². The molecule has 2 saturated heterocycles. The summed E-state index contributed by atoms with van der Waals surface area (Å²) in [5, 5.41) is 7.90. The summed E-state index contributed by atoms with van der Waals surface area (Å²) < 4.78 is 0. The van der Waals surface area contributed by atoms with Crippen molar-refractivity contribution in [3.63, 3.8) is 0 Å². The molecule has 0 aromatic carbocycles. The molecule has 2 heterocycles. The van der Waals surface area contributed by atoms with E-state index in [2.05, 4.69) is 34.2 Å². The van der Waals surface area contributed by atoms with Crippen LogP contribution in [0.25, 0.3) is 0 Å². The molecule has 0 amide bonds. The highest BCUT2D eigenvalue weighted by Gasteiger charge is 2.18. The normalized spacial score (nSPS) is 35.1. The van der Waals surface area contributed by atoms with Crippen molar-refractivity contribution >= 4 is 23.5 Å².